The van der Waals surface area contributed by atoms with Crippen molar-refractivity contribution in [1.82, 2.24) is 0 Å². The third kappa shape index (κ3) is 4.09. The summed E-state index contributed by atoms with van der Waals surface area (Å²) in [5.74, 6) is 0.697. The van der Waals surface area contributed by atoms with Gasteiger partial charge < -0.3 is 9.16 Å². The Labute approximate surface area is 139 Å². The molecule has 3 nitrogen and oxygen atoms in total. The molecular weight excluding hydrogens is 304 g/mol. The molecular formula is C19H24O3Si. The smallest absolute Gasteiger partial charge is 0.197 e. The summed E-state index contributed by atoms with van der Waals surface area (Å²) in [5.41, 5.74) is 0.513. The van der Waals surface area contributed by atoms with Crippen LogP contribution in [-0.2, 0) is 10.0 Å². The summed E-state index contributed by atoms with van der Waals surface area (Å²) < 4.78 is 11.5. The first kappa shape index (κ1) is 17.4. The first-order valence-electron chi connectivity index (χ1n) is 7.71. The molecule has 122 valence electrons. The highest BCUT2D eigenvalue weighted by molar-refractivity contribution is 6.70. The molecule has 2 aromatic rings. The molecule has 0 N–H and O–H groups in total. The minimum Gasteiger partial charge on any atom is -0.497 e. The van der Waals surface area contributed by atoms with Crippen molar-refractivity contribution in [3.05, 3.63) is 65.7 Å². The van der Waals surface area contributed by atoms with Gasteiger partial charge in [0.1, 0.15) is 11.4 Å². The van der Waals surface area contributed by atoms with Crippen molar-refractivity contribution < 1.29 is 14.0 Å². The summed E-state index contributed by atoms with van der Waals surface area (Å²) in [5, 5.41) is 0. The lowest BCUT2D eigenvalue weighted by molar-refractivity contribution is 0.0476. The van der Waals surface area contributed by atoms with Crippen LogP contribution in [0.2, 0.25) is 19.6 Å². The molecule has 0 saturated heterocycles. The van der Waals surface area contributed by atoms with Crippen LogP contribution in [0, 0.1) is 0 Å². The highest BCUT2D eigenvalue weighted by Crippen LogP contribution is 2.33. The van der Waals surface area contributed by atoms with E-state index in [1.807, 2.05) is 37.3 Å². The van der Waals surface area contributed by atoms with E-state index < -0.39 is 13.9 Å². The van der Waals surface area contributed by atoms with Crippen LogP contribution in [0.15, 0.2) is 54.6 Å². The van der Waals surface area contributed by atoms with Crippen molar-refractivity contribution in [1.29, 1.82) is 0 Å². The molecule has 0 aromatic heterocycles. The number of hydrogen-bond donors (Lipinski definition) is 0. The van der Waals surface area contributed by atoms with Gasteiger partial charge in [-0.3, -0.25) is 4.79 Å². The quantitative estimate of drug-likeness (QED) is 0.572. The van der Waals surface area contributed by atoms with E-state index in [4.69, 9.17) is 9.16 Å². The van der Waals surface area contributed by atoms with E-state index in [0.29, 0.717) is 5.56 Å². The molecule has 0 bridgehead atoms. The van der Waals surface area contributed by atoms with Crippen molar-refractivity contribution in [2.24, 2.45) is 0 Å². The van der Waals surface area contributed by atoms with E-state index in [1.165, 1.54) is 0 Å². The van der Waals surface area contributed by atoms with E-state index in [2.05, 4.69) is 19.6 Å². The zero-order valence-electron chi connectivity index (χ0n) is 14.4. The van der Waals surface area contributed by atoms with Crippen LogP contribution in [0.5, 0.6) is 5.75 Å². The van der Waals surface area contributed by atoms with Gasteiger partial charge in [-0.05, 0) is 56.4 Å². The summed E-state index contributed by atoms with van der Waals surface area (Å²) in [6.07, 6.45) is 0. The van der Waals surface area contributed by atoms with Crippen molar-refractivity contribution in [3.63, 3.8) is 0 Å². The molecule has 1 atom stereocenters. The predicted octanol–water partition coefficient (Wildman–Crippen LogP) is 4.64. The van der Waals surface area contributed by atoms with Gasteiger partial charge in [0.25, 0.3) is 0 Å². The fourth-order valence-electron chi connectivity index (χ4n) is 2.62. The predicted molar refractivity (Wildman–Crippen MR) is 95.5 cm³/mol. The summed E-state index contributed by atoms with van der Waals surface area (Å²) in [7, 11) is -0.324. The Hall–Kier alpha value is -1.91. The van der Waals surface area contributed by atoms with E-state index in [0.717, 1.165) is 11.3 Å². The molecule has 0 aliphatic carbocycles. The lowest BCUT2D eigenvalue weighted by Crippen LogP contribution is -2.44. The van der Waals surface area contributed by atoms with Crippen LogP contribution >= 0.6 is 0 Å². The maximum atomic E-state index is 13.2. The monoisotopic (exact) mass is 328 g/mol. The Morgan fingerprint density at radius 2 is 1.52 bits per heavy atom. The Bertz CT molecular complexity index is 659. The molecule has 0 aliphatic rings. The van der Waals surface area contributed by atoms with Crippen LogP contribution in [0.1, 0.15) is 22.8 Å². The first-order valence-corrected chi connectivity index (χ1v) is 11.1. The third-order valence-electron chi connectivity index (χ3n) is 3.62. The third-order valence-corrected chi connectivity index (χ3v) is 4.64. The van der Waals surface area contributed by atoms with Crippen LogP contribution in [0.25, 0.3) is 0 Å². The van der Waals surface area contributed by atoms with Gasteiger partial charge in [-0.2, -0.15) is 0 Å². The molecule has 0 saturated carbocycles. The Morgan fingerprint density at radius 3 is 2.00 bits per heavy atom. The molecule has 0 amide bonds. The van der Waals surface area contributed by atoms with Crippen molar-refractivity contribution in [2.75, 3.05) is 7.11 Å². The van der Waals surface area contributed by atoms with Crippen molar-refractivity contribution >= 4 is 14.1 Å². The summed E-state index contributed by atoms with van der Waals surface area (Å²) in [6.45, 7) is 8.15. The normalized spacial score (nSPS) is 14.1. The van der Waals surface area contributed by atoms with Crippen LogP contribution in [0.3, 0.4) is 0 Å². The fourth-order valence-corrected chi connectivity index (χ4v) is 4.06. The topological polar surface area (TPSA) is 35.5 Å². The van der Waals surface area contributed by atoms with Gasteiger partial charge >= 0.3 is 0 Å². The fraction of sp³-hybridized carbons (Fsp3) is 0.316. The minimum absolute atomic E-state index is 0.0335. The Morgan fingerprint density at radius 1 is 0.957 bits per heavy atom. The number of hydrogen-bond acceptors (Lipinski definition) is 3. The molecule has 0 unspecified atom stereocenters. The SMILES string of the molecule is COc1ccc(C(=O)[C@](C)(O[Si](C)(C)C)c2ccccc2)cc1. The number of ketones is 1. The highest BCUT2D eigenvalue weighted by Gasteiger charge is 2.40. The molecule has 0 heterocycles. The standard InChI is InChI=1S/C19H24O3Si/c1-19(22-23(3,4)5,16-9-7-6-8-10-16)18(20)15-11-13-17(21-2)14-12-15/h6-14H,1-5H3/t19-/m1/s1. The van der Waals surface area contributed by atoms with Gasteiger partial charge in [-0.1, -0.05) is 30.3 Å². The zero-order chi connectivity index (χ0) is 17.1. The summed E-state index contributed by atoms with van der Waals surface area (Å²) in [6, 6.07) is 16.9. The number of carbonyl (C=O) groups excluding carboxylic acids is 1. The highest BCUT2D eigenvalue weighted by atomic mass is 28.4. The second kappa shape index (κ2) is 6.68. The largest absolute Gasteiger partial charge is 0.497 e. The van der Waals surface area contributed by atoms with Crippen LogP contribution in [-0.4, -0.2) is 21.2 Å². The van der Waals surface area contributed by atoms with E-state index >= 15 is 0 Å². The summed E-state index contributed by atoms with van der Waals surface area (Å²) in [4.78, 5) is 13.2. The lowest BCUT2D eigenvalue weighted by Gasteiger charge is -2.35. The number of methoxy groups -OCH3 is 1. The maximum Gasteiger partial charge on any atom is 0.197 e. The Balaban J connectivity index is 2.46. The van der Waals surface area contributed by atoms with Gasteiger partial charge in [0, 0.05) is 5.56 Å². The van der Waals surface area contributed by atoms with Crippen LogP contribution < -0.4 is 4.74 Å². The lowest BCUT2D eigenvalue weighted by atomic mass is 9.88. The van der Waals surface area contributed by atoms with Gasteiger partial charge in [0.15, 0.2) is 14.1 Å². The number of benzene rings is 2. The zero-order valence-corrected chi connectivity index (χ0v) is 15.4. The van der Waals surface area contributed by atoms with Crippen molar-refractivity contribution in [3.8, 4) is 5.75 Å². The minimum atomic E-state index is -1.93. The van der Waals surface area contributed by atoms with Gasteiger partial charge in [-0.25, -0.2) is 0 Å². The maximum absolute atomic E-state index is 13.2. The number of carbonyl (C=O) groups is 1. The van der Waals surface area contributed by atoms with E-state index in [-0.39, 0.29) is 5.78 Å². The van der Waals surface area contributed by atoms with Gasteiger partial charge in [0.2, 0.25) is 0 Å². The molecule has 0 aliphatic heterocycles. The number of Topliss-reactive ketones (excluding diaryl/α,β-unsaturated/α-hetero) is 1. The number of ether oxygens (including phenoxy) is 1. The molecule has 2 aromatic carbocycles. The van der Waals surface area contributed by atoms with E-state index in [9.17, 15) is 4.79 Å². The average Bonchev–Trinajstić information content (AvgIpc) is 2.53. The molecule has 0 radical (unpaired) electrons. The van der Waals surface area contributed by atoms with Crippen LogP contribution in [0.4, 0.5) is 0 Å². The molecule has 23 heavy (non-hydrogen) atoms. The first-order chi connectivity index (χ1) is 10.8. The van der Waals surface area contributed by atoms with Crippen molar-refractivity contribution in [2.45, 2.75) is 32.2 Å². The van der Waals surface area contributed by atoms with Gasteiger partial charge in [0.05, 0.1) is 7.11 Å². The molecule has 4 heteroatoms. The Kier molecular flexibility index (Phi) is 5.07. The van der Waals surface area contributed by atoms with Gasteiger partial charge in [-0.15, -0.1) is 0 Å². The average molecular weight is 328 g/mol. The summed E-state index contributed by atoms with van der Waals surface area (Å²) >= 11 is 0. The van der Waals surface area contributed by atoms with E-state index in [1.54, 1.807) is 31.4 Å². The molecule has 0 spiro atoms. The number of rotatable bonds is 6. The second-order valence-corrected chi connectivity index (χ2v) is 11.1. The molecule has 2 rings (SSSR count). The second-order valence-electron chi connectivity index (χ2n) is 6.67. The molecule has 0 fully saturated rings.